The maximum Gasteiger partial charge on any atom is 0.205 e. The predicted molar refractivity (Wildman–Crippen MR) is 77.2 cm³/mol. The van der Waals surface area contributed by atoms with Crippen LogP contribution >= 0.6 is 23.2 Å². The summed E-state index contributed by atoms with van der Waals surface area (Å²) in [5.74, 6) is -2.10. The molecule has 2 aromatic rings. The van der Waals surface area contributed by atoms with Crippen molar-refractivity contribution in [3.8, 4) is 5.75 Å². The van der Waals surface area contributed by atoms with E-state index in [9.17, 15) is 13.6 Å². The molecule has 110 valence electrons. The first-order chi connectivity index (χ1) is 9.90. The van der Waals surface area contributed by atoms with Crippen molar-refractivity contribution in [3.63, 3.8) is 0 Å². The molecule has 0 saturated heterocycles. The van der Waals surface area contributed by atoms with Crippen LogP contribution in [0.15, 0.2) is 36.4 Å². The molecule has 0 aromatic heterocycles. The van der Waals surface area contributed by atoms with Crippen molar-refractivity contribution in [2.75, 3.05) is 0 Å². The lowest BCUT2D eigenvalue weighted by atomic mass is 10.1. The van der Waals surface area contributed by atoms with E-state index in [0.29, 0.717) is 6.07 Å². The van der Waals surface area contributed by atoms with E-state index in [1.54, 1.807) is 18.2 Å². The van der Waals surface area contributed by atoms with Crippen molar-refractivity contribution in [1.82, 2.24) is 0 Å². The average molecular weight is 331 g/mol. The lowest BCUT2D eigenvalue weighted by molar-refractivity contribution is 0.0814. The molecule has 0 N–H and O–H groups in total. The van der Waals surface area contributed by atoms with Gasteiger partial charge in [-0.05, 0) is 31.2 Å². The minimum atomic E-state index is -0.999. The second-order valence-corrected chi connectivity index (χ2v) is 5.09. The van der Waals surface area contributed by atoms with Gasteiger partial charge >= 0.3 is 0 Å². The minimum Gasteiger partial charge on any atom is -0.481 e. The van der Waals surface area contributed by atoms with Gasteiger partial charge in [0, 0.05) is 6.07 Å². The smallest absolute Gasteiger partial charge is 0.205 e. The van der Waals surface area contributed by atoms with E-state index in [1.807, 2.05) is 0 Å². The summed E-state index contributed by atoms with van der Waals surface area (Å²) < 4.78 is 31.8. The summed E-state index contributed by atoms with van der Waals surface area (Å²) in [6.45, 7) is 1.45. The average Bonchev–Trinajstić information content (AvgIpc) is 2.43. The molecule has 0 fully saturated rings. The molecular formula is C15H10Cl2F2O2. The summed E-state index contributed by atoms with van der Waals surface area (Å²) in [4.78, 5) is 12.1. The minimum absolute atomic E-state index is 0.165. The molecule has 6 heteroatoms. The van der Waals surface area contributed by atoms with Crippen LogP contribution in [0.3, 0.4) is 0 Å². The van der Waals surface area contributed by atoms with Gasteiger partial charge in [0.25, 0.3) is 0 Å². The van der Waals surface area contributed by atoms with Gasteiger partial charge in [-0.25, -0.2) is 8.78 Å². The first kappa shape index (κ1) is 15.7. The molecule has 0 bridgehead atoms. The molecule has 0 spiro atoms. The van der Waals surface area contributed by atoms with E-state index in [4.69, 9.17) is 27.9 Å². The van der Waals surface area contributed by atoms with Crippen LogP contribution in [0.2, 0.25) is 10.0 Å². The molecule has 2 rings (SSSR count). The Hall–Kier alpha value is -1.65. The van der Waals surface area contributed by atoms with Crippen LogP contribution < -0.4 is 4.74 Å². The predicted octanol–water partition coefficient (Wildman–Crippen LogP) is 4.92. The molecule has 0 aliphatic rings. The van der Waals surface area contributed by atoms with Crippen LogP contribution in [0.1, 0.15) is 17.3 Å². The van der Waals surface area contributed by atoms with Crippen molar-refractivity contribution in [2.24, 2.45) is 0 Å². The van der Waals surface area contributed by atoms with Gasteiger partial charge in [-0.1, -0.05) is 29.3 Å². The second kappa shape index (κ2) is 6.41. The molecular weight excluding hydrogens is 321 g/mol. The Morgan fingerprint density at radius 2 is 1.90 bits per heavy atom. The van der Waals surface area contributed by atoms with Gasteiger partial charge in [0.05, 0.1) is 10.6 Å². The fraction of sp³-hybridized carbons (Fsp3) is 0.133. The molecule has 2 nitrogen and oxygen atoms in total. The first-order valence-electron chi connectivity index (χ1n) is 6.00. The number of carbonyl (C=O) groups is 1. The Morgan fingerprint density at radius 1 is 1.19 bits per heavy atom. The summed E-state index contributed by atoms with van der Waals surface area (Å²) in [7, 11) is 0. The molecule has 0 aliphatic heterocycles. The molecule has 21 heavy (non-hydrogen) atoms. The van der Waals surface area contributed by atoms with Crippen LogP contribution in [0.25, 0.3) is 0 Å². The summed E-state index contributed by atoms with van der Waals surface area (Å²) in [6, 6.07) is 7.45. The highest BCUT2D eigenvalue weighted by Crippen LogP contribution is 2.32. The fourth-order valence-electron chi connectivity index (χ4n) is 1.73. The van der Waals surface area contributed by atoms with Crippen LogP contribution in [-0.4, -0.2) is 11.9 Å². The third-order valence-electron chi connectivity index (χ3n) is 2.79. The van der Waals surface area contributed by atoms with Gasteiger partial charge in [0.15, 0.2) is 6.10 Å². The normalized spacial score (nSPS) is 12.0. The molecule has 0 saturated carbocycles. The molecule has 0 amide bonds. The monoisotopic (exact) mass is 330 g/mol. The first-order valence-corrected chi connectivity index (χ1v) is 6.75. The van der Waals surface area contributed by atoms with Gasteiger partial charge < -0.3 is 4.74 Å². The summed E-state index contributed by atoms with van der Waals surface area (Å²) >= 11 is 11.8. The Bertz CT molecular complexity index is 689. The SMILES string of the molecule is CC(Oc1cccc(Cl)c1Cl)C(=O)c1ccc(F)cc1F. The summed E-state index contributed by atoms with van der Waals surface area (Å²) in [5.41, 5.74) is -0.248. The largest absolute Gasteiger partial charge is 0.481 e. The van der Waals surface area contributed by atoms with Gasteiger partial charge in [-0.3, -0.25) is 4.79 Å². The molecule has 0 radical (unpaired) electrons. The summed E-state index contributed by atoms with van der Waals surface area (Å²) in [6.07, 6.45) is -0.999. The number of carbonyl (C=O) groups excluding carboxylic acids is 1. The Kier molecular flexibility index (Phi) is 4.80. The Labute approximate surface area is 130 Å². The number of rotatable bonds is 4. The van der Waals surface area contributed by atoms with E-state index in [2.05, 4.69) is 0 Å². The zero-order valence-corrected chi connectivity index (χ0v) is 12.4. The topological polar surface area (TPSA) is 26.3 Å². The van der Waals surface area contributed by atoms with E-state index in [1.165, 1.54) is 6.92 Å². The van der Waals surface area contributed by atoms with Crippen molar-refractivity contribution < 1.29 is 18.3 Å². The summed E-state index contributed by atoms with van der Waals surface area (Å²) in [5, 5.41) is 0.445. The highest BCUT2D eigenvalue weighted by Gasteiger charge is 2.21. The highest BCUT2D eigenvalue weighted by molar-refractivity contribution is 6.42. The van der Waals surface area contributed by atoms with Crippen molar-refractivity contribution in [3.05, 3.63) is 63.6 Å². The quantitative estimate of drug-likeness (QED) is 0.743. The highest BCUT2D eigenvalue weighted by atomic mass is 35.5. The van der Waals surface area contributed by atoms with Gasteiger partial charge in [0.2, 0.25) is 5.78 Å². The molecule has 0 heterocycles. The number of ketones is 1. The van der Waals surface area contributed by atoms with Gasteiger partial charge in [-0.2, -0.15) is 0 Å². The lowest BCUT2D eigenvalue weighted by Gasteiger charge is -2.15. The van der Waals surface area contributed by atoms with Crippen LogP contribution in [0.5, 0.6) is 5.75 Å². The number of ether oxygens (including phenoxy) is 1. The van der Waals surface area contributed by atoms with Crippen LogP contribution in [0.4, 0.5) is 8.78 Å². The second-order valence-electron chi connectivity index (χ2n) is 4.30. The third kappa shape index (κ3) is 3.52. The lowest BCUT2D eigenvalue weighted by Crippen LogP contribution is -2.25. The zero-order valence-electron chi connectivity index (χ0n) is 10.9. The van der Waals surface area contributed by atoms with Crippen molar-refractivity contribution in [2.45, 2.75) is 13.0 Å². The fourth-order valence-corrected chi connectivity index (χ4v) is 2.06. The number of Topliss-reactive ketones (excluding diaryl/α,β-unsaturated/α-hetero) is 1. The number of hydrogen-bond acceptors (Lipinski definition) is 2. The Balaban J connectivity index is 2.21. The standard InChI is InChI=1S/C15H10Cl2F2O2/c1-8(21-13-4-2-3-11(16)14(13)17)15(20)10-6-5-9(18)7-12(10)19/h2-8H,1H3. The molecule has 1 unspecified atom stereocenters. The maximum atomic E-state index is 13.6. The zero-order chi connectivity index (χ0) is 15.6. The van der Waals surface area contributed by atoms with Crippen molar-refractivity contribution >= 4 is 29.0 Å². The molecule has 0 aliphatic carbocycles. The number of hydrogen-bond donors (Lipinski definition) is 0. The Morgan fingerprint density at radius 3 is 2.57 bits per heavy atom. The van der Waals surface area contributed by atoms with E-state index < -0.39 is 23.5 Å². The van der Waals surface area contributed by atoms with Crippen molar-refractivity contribution in [1.29, 1.82) is 0 Å². The number of halogens is 4. The van der Waals surface area contributed by atoms with Gasteiger partial charge in [0.1, 0.15) is 22.4 Å². The molecule has 1 atom stereocenters. The van der Waals surface area contributed by atoms with Crippen LogP contribution in [0, 0.1) is 11.6 Å². The number of benzene rings is 2. The van der Waals surface area contributed by atoms with Crippen LogP contribution in [-0.2, 0) is 0 Å². The maximum absolute atomic E-state index is 13.6. The third-order valence-corrected chi connectivity index (χ3v) is 3.59. The van der Waals surface area contributed by atoms with E-state index in [0.717, 1.165) is 12.1 Å². The van der Waals surface area contributed by atoms with Gasteiger partial charge in [-0.15, -0.1) is 0 Å². The van der Waals surface area contributed by atoms with E-state index in [-0.39, 0.29) is 21.4 Å². The molecule has 2 aromatic carbocycles. The van der Waals surface area contributed by atoms with E-state index >= 15 is 0 Å².